The number of carbonyl (C=O) groups excluding carboxylic acids is 4. The first-order valence-corrected chi connectivity index (χ1v) is 22.3. The number of nitrogens with zero attached hydrogens (tertiary/aromatic N) is 6. The molecule has 66 heavy (non-hydrogen) atoms. The zero-order valence-electron chi connectivity index (χ0n) is 35.1. The monoisotopic (exact) mass is 1050 g/mol. The fraction of sp³-hybridized carbons (Fsp3) is 0.255. The van der Waals surface area contributed by atoms with E-state index in [4.69, 9.17) is 27.9 Å². The minimum absolute atomic E-state index is 0.0760. The van der Waals surface area contributed by atoms with Crippen LogP contribution in [0, 0.1) is 27.2 Å². The molecule has 338 valence electrons. The largest absolute Gasteiger partial charge is 0.504 e. The number of allylic oxidation sites excluding steroid dienone is 2. The number of nitrogens with one attached hydrogen (secondary N) is 1. The summed E-state index contributed by atoms with van der Waals surface area (Å²) in [6.07, 6.45) is -2.34. The molecule has 6 atom stereocenters. The molecular formula is C47H37Cl2F3IN7O6. The van der Waals surface area contributed by atoms with Crippen LogP contribution in [0.5, 0.6) is 11.5 Å². The summed E-state index contributed by atoms with van der Waals surface area (Å²) in [5, 5.41) is 20.2. The molecule has 1 saturated carbocycles. The fourth-order valence-electron chi connectivity index (χ4n) is 9.93. The van der Waals surface area contributed by atoms with Gasteiger partial charge in [0.05, 0.1) is 61.5 Å². The molecule has 1 aromatic heterocycles. The van der Waals surface area contributed by atoms with Crippen molar-refractivity contribution in [3.05, 3.63) is 139 Å². The number of imide groups is 2. The molecule has 13 nitrogen and oxygen atoms in total. The van der Waals surface area contributed by atoms with E-state index in [-0.39, 0.29) is 30.2 Å². The molecule has 3 heterocycles. The van der Waals surface area contributed by atoms with Gasteiger partial charge in [-0.15, -0.1) is 0 Å². The van der Waals surface area contributed by atoms with Gasteiger partial charge in [-0.05, 0) is 131 Å². The molecule has 0 radical (unpaired) electrons. The highest BCUT2D eigenvalue weighted by Crippen LogP contribution is 2.65. The molecular weight excluding hydrogens is 1010 g/mol. The number of halogens is 6. The smallest absolute Gasteiger partial charge is 0.417 e. The Kier molecular flexibility index (Phi) is 11.6. The Labute approximate surface area is 399 Å². The number of azo groups is 1. The maximum absolute atomic E-state index is 15.5. The van der Waals surface area contributed by atoms with Crippen molar-refractivity contribution in [2.45, 2.75) is 30.4 Å². The first kappa shape index (κ1) is 45.1. The first-order chi connectivity index (χ1) is 31.4. The van der Waals surface area contributed by atoms with Gasteiger partial charge in [-0.1, -0.05) is 47.0 Å². The number of anilines is 3. The Bertz CT molecular complexity index is 2880. The van der Waals surface area contributed by atoms with Gasteiger partial charge in [-0.25, -0.2) is 4.98 Å². The molecule has 3 fully saturated rings. The number of amides is 4. The Hall–Kier alpha value is -6.05. The zero-order valence-corrected chi connectivity index (χ0v) is 38.7. The summed E-state index contributed by atoms with van der Waals surface area (Å²) in [7, 11) is 5.24. The number of hydrogen-bond acceptors (Lipinski definition) is 11. The van der Waals surface area contributed by atoms with Crippen molar-refractivity contribution in [3.8, 4) is 11.5 Å². The third-order valence-electron chi connectivity index (χ3n) is 12.9. The predicted molar refractivity (Wildman–Crippen MR) is 248 cm³/mol. The number of hydrogen-bond donors (Lipinski definition) is 2. The number of phenols is 1. The highest BCUT2D eigenvalue weighted by molar-refractivity contribution is 14.1. The number of phenolic OH excluding ortho intramolecular Hbond substituents is 1. The Morgan fingerprint density at radius 3 is 2.15 bits per heavy atom. The maximum Gasteiger partial charge on any atom is 0.417 e. The molecule has 2 aliphatic heterocycles. The van der Waals surface area contributed by atoms with Crippen LogP contribution in [0.2, 0.25) is 10.0 Å². The number of aromatic nitrogens is 1. The van der Waals surface area contributed by atoms with Crippen LogP contribution in [-0.4, -0.2) is 59.9 Å². The van der Waals surface area contributed by atoms with E-state index in [1.807, 2.05) is 71.9 Å². The van der Waals surface area contributed by atoms with Crippen LogP contribution in [0.4, 0.5) is 41.7 Å². The number of fused-ring (bicyclic) bond motifs is 4. The Morgan fingerprint density at radius 1 is 0.894 bits per heavy atom. The lowest BCUT2D eigenvalue weighted by Crippen LogP contribution is -2.53. The average molecular weight is 1050 g/mol. The summed E-state index contributed by atoms with van der Waals surface area (Å²) in [6, 6.07) is 24.3. The van der Waals surface area contributed by atoms with E-state index in [1.165, 1.54) is 7.11 Å². The van der Waals surface area contributed by atoms with E-state index in [9.17, 15) is 27.9 Å². The van der Waals surface area contributed by atoms with Crippen LogP contribution in [0.1, 0.15) is 35.4 Å². The number of ether oxygens (including phenoxy) is 1. The van der Waals surface area contributed by atoms with E-state index in [1.54, 1.807) is 60.7 Å². The van der Waals surface area contributed by atoms with Gasteiger partial charge in [0.25, 0.3) is 11.8 Å². The summed E-state index contributed by atoms with van der Waals surface area (Å²) in [5.41, 5.74) is 3.57. The summed E-state index contributed by atoms with van der Waals surface area (Å²) in [4.78, 5) is 66.8. The van der Waals surface area contributed by atoms with Gasteiger partial charge in [-0.2, -0.15) is 28.4 Å². The summed E-state index contributed by atoms with van der Waals surface area (Å²) < 4.78 is 46.8. The van der Waals surface area contributed by atoms with Crippen molar-refractivity contribution in [2.75, 3.05) is 36.4 Å². The van der Waals surface area contributed by atoms with Crippen LogP contribution in [0.3, 0.4) is 0 Å². The minimum Gasteiger partial charge on any atom is -0.504 e. The maximum atomic E-state index is 15.5. The summed E-state index contributed by atoms with van der Waals surface area (Å²) >= 11 is 14.6. The van der Waals surface area contributed by atoms with E-state index >= 15 is 9.59 Å². The normalized spacial score (nSPS) is 23.8. The standard InChI is InChI=1S/C47H37Cl2F3IN7O6/c1-58(2)29-12-8-27(9-13-29)55-56-28-10-14-30(15-11-28)59-42(62)32-17-16-31-33(38(32)44(59)64)21-34-43(63)60(57-41-35(49)20-25(22-54-41)47(50,51)52)45(65)46(34,24-4-6-26(48)7-5-24)39(31)23-18-36(53)40(61)37(19-23)66-3/h4-16,18-20,22,32-34,38-39,61H,17,21H2,1-3H3,(H,54,57)/t32-,33+,34-,38-,39-,46+/m0/s1. The molecule has 2 aliphatic carbocycles. The molecule has 4 aliphatic rings. The minimum atomic E-state index is -4.77. The van der Waals surface area contributed by atoms with Crippen LogP contribution in [0.25, 0.3) is 0 Å². The van der Waals surface area contributed by atoms with Crippen LogP contribution in [-0.2, 0) is 30.8 Å². The zero-order chi connectivity index (χ0) is 47.0. The summed E-state index contributed by atoms with van der Waals surface area (Å²) in [5.74, 6) is -7.76. The quantitative estimate of drug-likeness (QED) is 0.0635. The number of benzene rings is 4. The lowest BCUT2D eigenvalue weighted by molar-refractivity contribution is -0.139. The highest BCUT2D eigenvalue weighted by atomic mass is 127. The van der Waals surface area contributed by atoms with Crippen LogP contribution >= 0.6 is 45.8 Å². The average Bonchev–Trinajstić information content (AvgIpc) is 3.67. The second kappa shape index (κ2) is 17.0. The van der Waals surface area contributed by atoms with Gasteiger partial charge in [-0.3, -0.25) is 29.5 Å². The second-order valence-electron chi connectivity index (χ2n) is 16.6. The van der Waals surface area contributed by atoms with Crippen molar-refractivity contribution in [2.24, 2.45) is 33.9 Å². The Morgan fingerprint density at radius 2 is 1.55 bits per heavy atom. The first-order valence-electron chi connectivity index (χ1n) is 20.5. The predicted octanol–water partition coefficient (Wildman–Crippen LogP) is 10.4. The second-order valence-corrected chi connectivity index (χ2v) is 18.6. The number of hydrazine groups is 1. The third-order valence-corrected chi connectivity index (χ3v) is 14.3. The number of methoxy groups -OCH3 is 1. The van der Waals surface area contributed by atoms with Gasteiger partial charge in [0.15, 0.2) is 17.3 Å². The molecule has 2 N–H and O–H groups in total. The molecule has 0 bridgehead atoms. The number of rotatable bonds is 9. The van der Waals surface area contributed by atoms with Gasteiger partial charge in [0, 0.05) is 36.9 Å². The van der Waals surface area contributed by atoms with Gasteiger partial charge >= 0.3 is 6.18 Å². The highest BCUT2D eigenvalue weighted by Gasteiger charge is 2.70. The topological polar surface area (TPSA) is 157 Å². The molecule has 2 saturated heterocycles. The SMILES string of the molecule is COc1cc([C@H]2C3=CC[C@@H]4C(=O)N(c5ccc(N=Nc6ccc(N(C)C)cc6)cc5)C(=O)[C@@H]4[C@@H]3C[C@H]3C(=O)N(Nc4ncc(C(F)(F)F)cc4Cl)C(=O)[C@@]23c2ccc(Cl)cc2)cc(I)c1O. The molecule has 4 amide bonds. The van der Waals surface area contributed by atoms with Gasteiger partial charge in [0.2, 0.25) is 11.8 Å². The molecule has 5 aromatic rings. The van der Waals surface area contributed by atoms with E-state index in [2.05, 4.69) is 20.6 Å². The summed E-state index contributed by atoms with van der Waals surface area (Å²) in [6.45, 7) is 0. The van der Waals surface area contributed by atoms with Crippen LogP contribution < -0.4 is 20.0 Å². The number of carbonyl (C=O) groups is 4. The van der Waals surface area contributed by atoms with Crippen molar-refractivity contribution in [3.63, 3.8) is 0 Å². The van der Waals surface area contributed by atoms with Crippen molar-refractivity contribution < 1.29 is 42.2 Å². The van der Waals surface area contributed by atoms with E-state index < -0.39 is 75.4 Å². The van der Waals surface area contributed by atoms with Crippen LogP contribution in [0.15, 0.2) is 119 Å². The van der Waals surface area contributed by atoms with Crippen molar-refractivity contribution >= 4 is 98.0 Å². The molecule has 19 heteroatoms. The lowest BCUT2D eigenvalue weighted by Gasteiger charge is -2.50. The van der Waals surface area contributed by atoms with Crippen molar-refractivity contribution in [1.82, 2.24) is 9.99 Å². The van der Waals surface area contributed by atoms with Gasteiger partial charge in [0.1, 0.15) is 0 Å². The third kappa shape index (κ3) is 7.44. The lowest BCUT2D eigenvalue weighted by atomic mass is 9.49. The molecule has 0 spiro atoms. The number of alkyl halides is 3. The Balaban J connectivity index is 1.13. The van der Waals surface area contributed by atoms with E-state index in [0.717, 1.165) is 15.6 Å². The van der Waals surface area contributed by atoms with Crippen molar-refractivity contribution in [1.29, 1.82) is 0 Å². The number of pyridine rings is 1. The van der Waals surface area contributed by atoms with Gasteiger partial charge < -0.3 is 14.7 Å². The fourth-order valence-corrected chi connectivity index (χ4v) is 10.9. The molecule has 4 aromatic carbocycles. The van der Waals surface area contributed by atoms with E-state index in [0.29, 0.717) is 54.6 Å². The molecule has 0 unspecified atom stereocenters. The number of aromatic hydroxyl groups is 1. The molecule has 9 rings (SSSR count).